The fraction of sp³-hybridized carbons (Fsp3) is 0.417. The first-order valence-electron chi connectivity index (χ1n) is 5.26. The topological polar surface area (TPSA) is 29.5 Å². The van der Waals surface area contributed by atoms with Gasteiger partial charge in [0.25, 0.3) is 0 Å². The molecule has 1 heterocycles. The average Bonchev–Trinajstić information content (AvgIpc) is 2.67. The van der Waals surface area contributed by atoms with Crippen LogP contribution in [0.1, 0.15) is 12.0 Å². The minimum Gasteiger partial charge on any atom is -0.496 e. The Labute approximate surface area is 100.0 Å². The first-order valence-corrected chi connectivity index (χ1v) is 5.64. The Morgan fingerprint density at radius 2 is 2.31 bits per heavy atom. The maximum absolute atomic E-state index is 11.2. The van der Waals surface area contributed by atoms with E-state index in [0.717, 1.165) is 17.9 Å². The molecule has 16 heavy (non-hydrogen) atoms. The van der Waals surface area contributed by atoms with Crippen LogP contribution < -0.4 is 4.74 Å². The highest BCUT2D eigenvalue weighted by Crippen LogP contribution is 2.28. The third-order valence-electron chi connectivity index (χ3n) is 2.78. The van der Waals surface area contributed by atoms with Gasteiger partial charge in [-0.15, -0.1) is 0 Å². The molecule has 3 nitrogen and oxygen atoms in total. The smallest absolute Gasteiger partial charge is 0.148 e. The van der Waals surface area contributed by atoms with Crippen molar-refractivity contribution >= 4 is 17.4 Å². The van der Waals surface area contributed by atoms with Gasteiger partial charge >= 0.3 is 0 Å². The van der Waals surface area contributed by atoms with E-state index in [4.69, 9.17) is 16.3 Å². The molecule has 0 bridgehead atoms. The second-order valence-corrected chi connectivity index (χ2v) is 4.33. The van der Waals surface area contributed by atoms with Gasteiger partial charge in [0, 0.05) is 30.1 Å². The summed E-state index contributed by atoms with van der Waals surface area (Å²) in [6.07, 6.45) is 0.646. The van der Waals surface area contributed by atoms with Gasteiger partial charge in [0.2, 0.25) is 0 Å². The van der Waals surface area contributed by atoms with Crippen molar-refractivity contribution in [3.8, 4) is 5.75 Å². The molecule has 0 aromatic heterocycles. The van der Waals surface area contributed by atoms with Crippen LogP contribution in [0.2, 0.25) is 5.02 Å². The lowest BCUT2D eigenvalue weighted by Crippen LogP contribution is -2.20. The predicted octanol–water partition coefficient (Wildman–Crippen LogP) is 2.12. The molecule has 0 saturated carbocycles. The van der Waals surface area contributed by atoms with Gasteiger partial charge in [0.15, 0.2) is 0 Å². The van der Waals surface area contributed by atoms with Crippen molar-refractivity contribution in [2.75, 3.05) is 20.2 Å². The molecule has 86 valence electrons. The van der Waals surface area contributed by atoms with Crippen LogP contribution in [0.25, 0.3) is 0 Å². The van der Waals surface area contributed by atoms with E-state index in [1.54, 1.807) is 7.11 Å². The maximum Gasteiger partial charge on any atom is 0.148 e. The number of benzene rings is 1. The monoisotopic (exact) mass is 239 g/mol. The van der Waals surface area contributed by atoms with E-state index >= 15 is 0 Å². The maximum atomic E-state index is 11.2. The van der Waals surface area contributed by atoms with E-state index in [9.17, 15) is 4.79 Å². The van der Waals surface area contributed by atoms with Crippen molar-refractivity contribution in [3.05, 3.63) is 28.8 Å². The van der Waals surface area contributed by atoms with E-state index in [2.05, 4.69) is 4.90 Å². The van der Waals surface area contributed by atoms with Crippen molar-refractivity contribution in [3.63, 3.8) is 0 Å². The molecule has 2 rings (SSSR count). The molecule has 0 spiro atoms. The third-order valence-corrected chi connectivity index (χ3v) is 3.14. The summed E-state index contributed by atoms with van der Waals surface area (Å²) < 4.78 is 5.27. The van der Waals surface area contributed by atoms with E-state index in [1.165, 1.54) is 0 Å². The zero-order valence-electron chi connectivity index (χ0n) is 9.20. The number of ketones is 1. The van der Waals surface area contributed by atoms with Crippen molar-refractivity contribution in [1.29, 1.82) is 0 Å². The van der Waals surface area contributed by atoms with Crippen LogP contribution in [0, 0.1) is 0 Å². The lowest BCUT2D eigenvalue weighted by molar-refractivity contribution is -0.116. The number of hydrogen-bond donors (Lipinski definition) is 0. The molecule has 4 heteroatoms. The molecule has 0 atom stereocenters. The fourth-order valence-corrected chi connectivity index (χ4v) is 2.16. The first-order chi connectivity index (χ1) is 7.70. The Hall–Kier alpha value is -1.06. The highest BCUT2D eigenvalue weighted by Gasteiger charge is 2.21. The number of halogens is 1. The number of carbonyl (C=O) groups is 1. The first kappa shape index (κ1) is 11.4. The molecule has 1 saturated heterocycles. The summed E-state index contributed by atoms with van der Waals surface area (Å²) in [7, 11) is 1.63. The summed E-state index contributed by atoms with van der Waals surface area (Å²) in [5.74, 6) is 1.08. The van der Waals surface area contributed by atoms with Gasteiger partial charge in [-0.25, -0.2) is 0 Å². The Kier molecular flexibility index (Phi) is 3.46. The second kappa shape index (κ2) is 4.85. The molecular weight excluding hydrogens is 226 g/mol. The van der Waals surface area contributed by atoms with Gasteiger partial charge in [0.05, 0.1) is 13.7 Å². The summed E-state index contributed by atoms with van der Waals surface area (Å²) >= 11 is 6.13. The van der Waals surface area contributed by atoms with E-state index in [0.29, 0.717) is 30.3 Å². The Balaban J connectivity index is 2.17. The van der Waals surface area contributed by atoms with Gasteiger partial charge in [-0.1, -0.05) is 17.7 Å². The van der Waals surface area contributed by atoms with Crippen molar-refractivity contribution in [1.82, 2.24) is 4.90 Å². The number of ether oxygens (including phenoxy) is 1. The zero-order valence-corrected chi connectivity index (χ0v) is 9.96. The van der Waals surface area contributed by atoms with E-state index < -0.39 is 0 Å². The van der Waals surface area contributed by atoms with Crippen molar-refractivity contribution in [2.24, 2.45) is 0 Å². The summed E-state index contributed by atoms with van der Waals surface area (Å²) in [5.41, 5.74) is 0.960. The molecule has 0 unspecified atom stereocenters. The third kappa shape index (κ3) is 2.36. The lowest BCUT2D eigenvalue weighted by atomic mass is 10.2. The van der Waals surface area contributed by atoms with Gasteiger partial charge in [-0.05, 0) is 12.1 Å². The standard InChI is InChI=1S/C12H14ClNO2/c1-16-12-4-2-3-11(13)10(12)8-14-6-5-9(15)7-14/h2-4H,5-8H2,1H3. The largest absolute Gasteiger partial charge is 0.496 e. The highest BCUT2D eigenvalue weighted by molar-refractivity contribution is 6.31. The van der Waals surface area contributed by atoms with Crippen LogP contribution in [0.15, 0.2) is 18.2 Å². The molecule has 1 fully saturated rings. The van der Waals surface area contributed by atoms with E-state index in [1.807, 2.05) is 18.2 Å². The average molecular weight is 240 g/mol. The Morgan fingerprint density at radius 3 is 2.94 bits per heavy atom. The van der Waals surface area contributed by atoms with Gasteiger partial charge in [-0.2, -0.15) is 0 Å². The van der Waals surface area contributed by atoms with Crippen LogP contribution in [0.4, 0.5) is 0 Å². The Morgan fingerprint density at radius 1 is 1.50 bits per heavy atom. The zero-order chi connectivity index (χ0) is 11.5. The molecule has 1 aromatic rings. The summed E-state index contributed by atoms with van der Waals surface area (Å²) in [6.45, 7) is 2.01. The summed E-state index contributed by atoms with van der Waals surface area (Å²) in [6, 6.07) is 5.59. The second-order valence-electron chi connectivity index (χ2n) is 3.92. The normalized spacial score (nSPS) is 16.8. The molecule has 1 aliphatic heterocycles. The quantitative estimate of drug-likeness (QED) is 0.809. The molecule has 0 N–H and O–H groups in total. The number of nitrogens with zero attached hydrogens (tertiary/aromatic N) is 1. The van der Waals surface area contributed by atoms with Gasteiger partial charge in [0.1, 0.15) is 11.5 Å². The molecular formula is C12H14ClNO2. The van der Waals surface area contributed by atoms with Crippen LogP contribution >= 0.6 is 11.6 Å². The van der Waals surface area contributed by atoms with Crippen molar-refractivity contribution < 1.29 is 9.53 Å². The number of Topliss-reactive ketones (excluding diaryl/α,β-unsaturated/α-hetero) is 1. The SMILES string of the molecule is COc1cccc(Cl)c1CN1CCC(=O)C1. The minimum absolute atomic E-state index is 0.297. The molecule has 1 aromatic carbocycles. The Bertz CT molecular complexity index is 406. The number of likely N-dealkylation sites (tertiary alicyclic amines) is 1. The van der Waals surface area contributed by atoms with Crippen LogP contribution in [0.3, 0.4) is 0 Å². The number of methoxy groups -OCH3 is 1. The number of rotatable bonds is 3. The fourth-order valence-electron chi connectivity index (χ4n) is 1.93. The number of hydrogen-bond acceptors (Lipinski definition) is 3. The summed E-state index contributed by atoms with van der Waals surface area (Å²) in [5, 5.41) is 0.693. The lowest BCUT2D eigenvalue weighted by Gasteiger charge is -2.17. The van der Waals surface area contributed by atoms with Gasteiger partial charge < -0.3 is 4.74 Å². The summed E-state index contributed by atoms with van der Waals surface area (Å²) in [4.78, 5) is 13.3. The van der Waals surface area contributed by atoms with Crippen LogP contribution in [0.5, 0.6) is 5.75 Å². The minimum atomic E-state index is 0.297. The van der Waals surface area contributed by atoms with Crippen LogP contribution in [-0.2, 0) is 11.3 Å². The molecule has 0 aliphatic carbocycles. The van der Waals surface area contributed by atoms with Crippen molar-refractivity contribution in [2.45, 2.75) is 13.0 Å². The van der Waals surface area contributed by atoms with Gasteiger partial charge in [-0.3, -0.25) is 9.69 Å². The molecule has 1 aliphatic rings. The number of carbonyl (C=O) groups excluding carboxylic acids is 1. The highest BCUT2D eigenvalue weighted by atomic mass is 35.5. The van der Waals surface area contributed by atoms with Crippen LogP contribution in [-0.4, -0.2) is 30.9 Å². The molecule has 0 amide bonds. The predicted molar refractivity (Wildman–Crippen MR) is 62.9 cm³/mol. The van der Waals surface area contributed by atoms with E-state index in [-0.39, 0.29) is 0 Å². The molecule has 0 radical (unpaired) electrons.